The molecule has 1 saturated heterocycles. The van der Waals surface area contributed by atoms with Crippen LogP contribution in [-0.4, -0.2) is 39.0 Å². The van der Waals surface area contributed by atoms with Crippen molar-refractivity contribution in [3.63, 3.8) is 0 Å². The molecular weight excluding hydrogens is 316 g/mol. The Morgan fingerprint density at radius 3 is 2.76 bits per heavy atom. The monoisotopic (exact) mass is 340 g/mol. The van der Waals surface area contributed by atoms with E-state index in [0.29, 0.717) is 12.4 Å². The van der Waals surface area contributed by atoms with Gasteiger partial charge in [0.05, 0.1) is 12.4 Å². The predicted octanol–water partition coefficient (Wildman–Crippen LogP) is 3.02. The molecule has 0 saturated carbocycles. The molecule has 0 aliphatic carbocycles. The molecule has 25 heavy (non-hydrogen) atoms. The zero-order chi connectivity index (χ0) is 17.6. The Morgan fingerprint density at radius 1 is 1.28 bits per heavy atom. The van der Waals surface area contributed by atoms with Crippen molar-refractivity contribution in [3.05, 3.63) is 53.5 Å². The van der Waals surface area contributed by atoms with Crippen LogP contribution in [-0.2, 0) is 13.1 Å². The van der Waals surface area contributed by atoms with Crippen LogP contribution in [0.5, 0.6) is 0 Å². The number of carboxylic acid groups (broad SMARTS) is 1. The van der Waals surface area contributed by atoms with Crippen LogP contribution in [0.2, 0.25) is 0 Å². The predicted molar refractivity (Wildman–Crippen MR) is 96.4 cm³/mol. The third-order valence-electron chi connectivity index (χ3n) is 4.58. The number of aromatic nitrogens is 2. The van der Waals surface area contributed by atoms with Crippen LogP contribution >= 0.6 is 0 Å². The summed E-state index contributed by atoms with van der Waals surface area (Å²) >= 11 is 0. The first-order chi connectivity index (χ1) is 12.1. The Hall–Kier alpha value is -2.47. The Morgan fingerprint density at radius 2 is 2.08 bits per heavy atom. The summed E-state index contributed by atoms with van der Waals surface area (Å²) in [6.45, 7) is 6.24. The fourth-order valence-electron chi connectivity index (χ4n) is 3.27. The van der Waals surface area contributed by atoms with Crippen molar-refractivity contribution in [2.45, 2.75) is 32.9 Å². The number of aromatic carboxylic acids is 1. The SMILES string of the molecule is CC1CCCN(Cc2ccccc2CNc2cnc(C(=O)O)cn2)C1. The molecule has 1 aromatic carbocycles. The first-order valence-electron chi connectivity index (χ1n) is 8.70. The molecule has 6 nitrogen and oxygen atoms in total. The molecule has 3 rings (SSSR count). The lowest BCUT2D eigenvalue weighted by Gasteiger charge is -2.31. The normalized spacial score (nSPS) is 18.0. The van der Waals surface area contributed by atoms with Gasteiger partial charge in [-0.3, -0.25) is 4.90 Å². The summed E-state index contributed by atoms with van der Waals surface area (Å²) in [6, 6.07) is 8.41. The fraction of sp³-hybridized carbons (Fsp3) is 0.421. The summed E-state index contributed by atoms with van der Waals surface area (Å²) in [6.07, 6.45) is 5.32. The van der Waals surface area contributed by atoms with Crippen molar-refractivity contribution in [2.75, 3.05) is 18.4 Å². The standard InChI is InChI=1S/C19H24N4O2/c1-14-5-4-8-23(12-14)13-16-7-3-2-6-15(16)9-21-18-11-20-17(10-22-18)19(24)25/h2-3,6-7,10-11,14H,4-5,8-9,12-13H2,1H3,(H,21,22)(H,24,25). The molecule has 2 aromatic rings. The average molecular weight is 340 g/mol. The molecule has 1 aliphatic heterocycles. The number of nitrogens with zero attached hydrogens (tertiary/aromatic N) is 3. The van der Waals surface area contributed by atoms with Crippen LogP contribution in [0.25, 0.3) is 0 Å². The van der Waals surface area contributed by atoms with E-state index in [2.05, 4.69) is 45.3 Å². The van der Waals surface area contributed by atoms with Crippen molar-refractivity contribution in [1.82, 2.24) is 14.9 Å². The quantitative estimate of drug-likeness (QED) is 0.841. The van der Waals surface area contributed by atoms with E-state index in [1.165, 1.54) is 36.4 Å². The van der Waals surface area contributed by atoms with Crippen LogP contribution in [0.4, 0.5) is 5.82 Å². The zero-order valence-electron chi connectivity index (χ0n) is 14.5. The van der Waals surface area contributed by atoms with Gasteiger partial charge in [-0.05, 0) is 36.4 Å². The van der Waals surface area contributed by atoms with Crippen LogP contribution in [0.1, 0.15) is 41.4 Å². The van der Waals surface area contributed by atoms with Gasteiger partial charge in [0.25, 0.3) is 0 Å². The number of hydrogen-bond donors (Lipinski definition) is 2. The number of anilines is 1. The lowest BCUT2D eigenvalue weighted by molar-refractivity contribution is 0.0690. The van der Waals surface area contributed by atoms with Gasteiger partial charge < -0.3 is 10.4 Å². The number of hydrogen-bond acceptors (Lipinski definition) is 5. The number of carboxylic acids is 1. The molecule has 2 heterocycles. The van der Waals surface area contributed by atoms with Crippen molar-refractivity contribution in [2.24, 2.45) is 5.92 Å². The van der Waals surface area contributed by atoms with Gasteiger partial charge >= 0.3 is 5.97 Å². The first kappa shape index (κ1) is 17.4. The minimum atomic E-state index is -1.07. The van der Waals surface area contributed by atoms with E-state index in [1.54, 1.807) is 0 Å². The molecule has 0 bridgehead atoms. The maximum atomic E-state index is 10.8. The molecule has 6 heteroatoms. The minimum absolute atomic E-state index is 0.0508. The molecule has 2 N–H and O–H groups in total. The van der Waals surface area contributed by atoms with Gasteiger partial charge in [0.1, 0.15) is 5.82 Å². The lowest BCUT2D eigenvalue weighted by Crippen LogP contribution is -2.34. The highest BCUT2D eigenvalue weighted by molar-refractivity contribution is 5.84. The van der Waals surface area contributed by atoms with E-state index in [1.807, 2.05) is 6.07 Å². The van der Waals surface area contributed by atoms with Gasteiger partial charge in [0.2, 0.25) is 0 Å². The molecular formula is C19H24N4O2. The summed E-state index contributed by atoms with van der Waals surface area (Å²) < 4.78 is 0. The summed E-state index contributed by atoms with van der Waals surface area (Å²) in [4.78, 5) is 21.3. The number of rotatable bonds is 6. The second-order valence-corrected chi connectivity index (χ2v) is 6.70. The Bertz CT molecular complexity index is 718. The summed E-state index contributed by atoms with van der Waals surface area (Å²) in [7, 11) is 0. The van der Waals surface area contributed by atoms with Gasteiger partial charge in [-0.2, -0.15) is 0 Å². The molecule has 0 radical (unpaired) electrons. The van der Waals surface area contributed by atoms with Gasteiger partial charge in [-0.25, -0.2) is 14.8 Å². The van der Waals surface area contributed by atoms with Gasteiger partial charge in [-0.1, -0.05) is 31.2 Å². The van der Waals surface area contributed by atoms with Crippen LogP contribution < -0.4 is 5.32 Å². The fourth-order valence-corrected chi connectivity index (χ4v) is 3.27. The maximum absolute atomic E-state index is 10.8. The summed E-state index contributed by atoms with van der Waals surface area (Å²) in [5.74, 6) is 0.272. The van der Waals surface area contributed by atoms with E-state index < -0.39 is 5.97 Å². The van der Waals surface area contributed by atoms with E-state index in [9.17, 15) is 4.79 Å². The number of piperidine rings is 1. The van der Waals surface area contributed by atoms with Crippen LogP contribution in [0.3, 0.4) is 0 Å². The smallest absolute Gasteiger partial charge is 0.356 e. The first-order valence-corrected chi connectivity index (χ1v) is 8.70. The minimum Gasteiger partial charge on any atom is -0.476 e. The summed E-state index contributed by atoms with van der Waals surface area (Å²) in [5.41, 5.74) is 2.49. The third-order valence-corrected chi connectivity index (χ3v) is 4.58. The number of likely N-dealkylation sites (tertiary alicyclic amines) is 1. The number of carbonyl (C=O) groups is 1. The molecule has 0 amide bonds. The highest BCUT2D eigenvalue weighted by Crippen LogP contribution is 2.20. The molecule has 1 fully saturated rings. The highest BCUT2D eigenvalue weighted by atomic mass is 16.4. The Balaban J connectivity index is 1.63. The second kappa shape index (κ2) is 8.07. The Labute approximate surface area is 147 Å². The molecule has 1 aliphatic rings. The van der Waals surface area contributed by atoms with E-state index in [-0.39, 0.29) is 5.69 Å². The van der Waals surface area contributed by atoms with Crippen LogP contribution in [0, 0.1) is 5.92 Å². The van der Waals surface area contributed by atoms with Crippen LogP contribution in [0.15, 0.2) is 36.7 Å². The van der Waals surface area contributed by atoms with E-state index in [0.717, 1.165) is 25.6 Å². The molecule has 132 valence electrons. The van der Waals surface area contributed by atoms with Crippen molar-refractivity contribution in [3.8, 4) is 0 Å². The number of nitrogens with one attached hydrogen (secondary N) is 1. The Kier molecular flexibility index (Phi) is 5.60. The topological polar surface area (TPSA) is 78.4 Å². The molecule has 1 atom stereocenters. The zero-order valence-corrected chi connectivity index (χ0v) is 14.5. The van der Waals surface area contributed by atoms with Gasteiger partial charge in [0, 0.05) is 19.6 Å². The van der Waals surface area contributed by atoms with Crippen molar-refractivity contribution in [1.29, 1.82) is 0 Å². The summed E-state index contributed by atoms with van der Waals surface area (Å²) in [5, 5.41) is 12.1. The van der Waals surface area contributed by atoms with E-state index in [4.69, 9.17) is 5.11 Å². The van der Waals surface area contributed by atoms with Crippen molar-refractivity contribution < 1.29 is 9.90 Å². The third kappa shape index (κ3) is 4.76. The molecule has 0 spiro atoms. The average Bonchev–Trinajstić information content (AvgIpc) is 2.61. The number of benzene rings is 1. The molecule has 1 unspecified atom stereocenters. The van der Waals surface area contributed by atoms with Crippen molar-refractivity contribution >= 4 is 11.8 Å². The van der Waals surface area contributed by atoms with E-state index >= 15 is 0 Å². The lowest BCUT2D eigenvalue weighted by atomic mass is 9.99. The maximum Gasteiger partial charge on any atom is 0.356 e. The second-order valence-electron chi connectivity index (χ2n) is 6.70. The van der Waals surface area contributed by atoms with Gasteiger partial charge in [0.15, 0.2) is 5.69 Å². The largest absolute Gasteiger partial charge is 0.476 e. The van der Waals surface area contributed by atoms with Gasteiger partial charge in [-0.15, -0.1) is 0 Å². The molecule has 1 aromatic heterocycles. The highest BCUT2D eigenvalue weighted by Gasteiger charge is 2.17.